The minimum atomic E-state index is -1.72. The van der Waals surface area contributed by atoms with Crippen LogP contribution in [0.5, 0.6) is 0 Å². The number of amides is 8. The Morgan fingerprint density at radius 2 is 0.970 bits per heavy atom. The summed E-state index contributed by atoms with van der Waals surface area (Å²) in [5.41, 5.74) is 32.4. The third kappa shape index (κ3) is 25.3. The molecular formula is C39H74N16O11. The molecule has 0 aliphatic carbocycles. The Labute approximate surface area is 384 Å². The first-order valence-corrected chi connectivity index (χ1v) is 21.5. The zero-order valence-corrected chi connectivity index (χ0v) is 38.7. The summed E-state index contributed by atoms with van der Waals surface area (Å²) in [5.74, 6) is -7.57. The zero-order chi connectivity index (χ0) is 50.7. The maximum Gasteiger partial charge on any atom is 0.245 e. The highest BCUT2D eigenvalue weighted by Crippen LogP contribution is 2.09. The number of primary amides is 1. The van der Waals surface area contributed by atoms with Crippen molar-refractivity contribution in [3.05, 3.63) is 0 Å². The van der Waals surface area contributed by atoms with Gasteiger partial charge in [0.15, 0.2) is 11.9 Å². The standard InChI is InChI=1S/C39H74N16O11/c1-20(40)31(60)50-26(13-10-17-47-39(44)45)34(63)54-30(23(4)58)37(66)52-25(12-7-8-18-55(5)6)33(62)51-27(14-15-28(41)59)35(64)53-29(22(3)57)36(65)48-21(2)32(61)49-24(19-56)11-9-16-46-38(42)43/h19-27,29-30,57-58H,7-18,40H2,1-6H3,(H2,41,59)(H,48,65)(H,49,61)(H,50,60)(H,51,62)(H,52,66)(H,53,64)(H,54,63)(H4,42,43,46)(H4,44,45,47)/t20-,21-,22+,23+,24-,25-,26-,27-,29-,30-/m0/s1. The Morgan fingerprint density at radius 1 is 0.545 bits per heavy atom. The predicted molar refractivity (Wildman–Crippen MR) is 243 cm³/mol. The summed E-state index contributed by atoms with van der Waals surface area (Å²) in [4.78, 5) is 127. The highest BCUT2D eigenvalue weighted by Gasteiger charge is 2.35. The number of carbonyl (C=O) groups is 9. The number of aliphatic hydroxyl groups is 2. The zero-order valence-electron chi connectivity index (χ0n) is 38.7. The van der Waals surface area contributed by atoms with Crippen molar-refractivity contribution in [1.29, 1.82) is 0 Å². The molecule has 27 heteroatoms. The van der Waals surface area contributed by atoms with Gasteiger partial charge in [-0.05, 0) is 99.7 Å². The van der Waals surface area contributed by atoms with E-state index in [2.05, 4.69) is 47.2 Å². The fourth-order valence-electron chi connectivity index (χ4n) is 5.90. The summed E-state index contributed by atoms with van der Waals surface area (Å²) in [6.07, 6.45) is -1.85. The summed E-state index contributed by atoms with van der Waals surface area (Å²) >= 11 is 0. The van der Waals surface area contributed by atoms with E-state index in [-0.39, 0.29) is 50.7 Å². The van der Waals surface area contributed by atoms with Gasteiger partial charge >= 0.3 is 0 Å². The second-order valence-electron chi connectivity index (χ2n) is 16.1. The first kappa shape index (κ1) is 59.8. The highest BCUT2D eigenvalue weighted by atomic mass is 16.3. The van der Waals surface area contributed by atoms with E-state index in [0.717, 1.165) is 0 Å². The molecule has 0 saturated carbocycles. The van der Waals surface area contributed by atoms with Crippen molar-refractivity contribution in [3.63, 3.8) is 0 Å². The van der Waals surface area contributed by atoms with Crippen molar-refractivity contribution in [2.45, 2.75) is 146 Å². The first-order valence-electron chi connectivity index (χ1n) is 21.5. The second-order valence-corrected chi connectivity index (χ2v) is 16.1. The monoisotopic (exact) mass is 943 g/mol. The van der Waals surface area contributed by atoms with Crippen molar-refractivity contribution in [1.82, 2.24) is 42.1 Å². The van der Waals surface area contributed by atoms with Crippen LogP contribution in [-0.4, -0.2) is 175 Å². The SMILES string of the molecule is C[C@H](N)C(=O)N[C@@H](CCCN=C(N)N)C(=O)N[C@H](C(=O)N[C@@H](CCCCN(C)C)C(=O)N[C@@H](CCC(N)=O)C(=O)N[C@H](C(=O)N[C@@H](C)C(=O)N[C@H](C=O)CCCN=C(N)N)[C@@H](C)O)[C@@H](C)O. The molecule has 0 aliphatic rings. The van der Waals surface area contributed by atoms with E-state index in [4.69, 9.17) is 34.4 Å². The number of aliphatic hydroxyl groups excluding tert-OH is 2. The molecule has 8 amide bonds. The van der Waals surface area contributed by atoms with Gasteiger partial charge in [-0.25, -0.2) is 0 Å². The van der Waals surface area contributed by atoms with E-state index in [1.54, 1.807) is 0 Å². The molecular weight excluding hydrogens is 869 g/mol. The molecule has 10 atom stereocenters. The molecule has 0 radical (unpaired) electrons. The third-order valence-electron chi connectivity index (χ3n) is 9.62. The van der Waals surface area contributed by atoms with E-state index in [1.165, 1.54) is 27.7 Å². The van der Waals surface area contributed by atoms with Crippen molar-refractivity contribution < 1.29 is 53.4 Å². The minimum absolute atomic E-state index is 0.00170. The lowest BCUT2D eigenvalue weighted by atomic mass is 10.0. The number of carbonyl (C=O) groups excluding carboxylic acids is 9. The van der Waals surface area contributed by atoms with E-state index in [9.17, 15) is 53.4 Å². The molecule has 66 heavy (non-hydrogen) atoms. The van der Waals surface area contributed by atoms with Gasteiger partial charge in [0.2, 0.25) is 47.3 Å². The maximum absolute atomic E-state index is 14.0. The number of hydrogen-bond acceptors (Lipinski definition) is 15. The smallest absolute Gasteiger partial charge is 0.245 e. The van der Waals surface area contributed by atoms with Crippen molar-refractivity contribution >= 4 is 65.5 Å². The Morgan fingerprint density at radius 3 is 1.41 bits per heavy atom. The fraction of sp³-hybridized carbons (Fsp3) is 0.718. The molecule has 27 nitrogen and oxygen atoms in total. The number of unbranched alkanes of at least 4 members (excludes halogenated alkanes) is 1. The van der Waals surface area contributed by atoms with Gasteiger partial charge < -0.3 is 91.5 Å². The lowest BCUT2D eigenvalue weighted by Crippen LogP contribution is -2.62. The molecule has 0 aromatic carbocycles. The lowest BCUT2D eigenvalue weighted by molar-refractivity contribution is -0.137. The number of nitrogens with two attached hydrogens (primary N) is 6. The number of rotatable bonds is 33. The Bertz CT molecular complexity index is 1670. The molecule has 0 aromatic rings. The van der Waals surface area contributed by atoms with Crippen molar-refractivity contribution in [2.24, 2.45) is 44.4 Å². The van der Waals surface area contributed by atoms with Gasteiger partial charge in [0.25, 0.3) is 0 Å². The molecule has 0 spiro atoms. The van der Waals surface area contributed by atoms with Gasteiger partial charge in [-0.15, -0.1) is 0 Å². The lowest BCUT2D eigenvalue weighted by Gasteiger charge is -2.29. The number of hydrogen-bond donors (Lipinski definition) is 15. The molecule has 0 unspecified atom stereocenters. The van der Waals surface area contributed by atoms with Crippen LogP contribution < -0.4 is 71.6 Å². The fourth-order valence-corrected chi connectivity index (χ4v) is 5.90. The molecule has 0 heterocycles. The highest BCUT2D eigenvalue weighted by molar-refractivity contribution is 5.97. The van der Waals surface area contributed by atoms with E-state index >= 15 is 0 Å². The van der Waals surface area contributed by atoms with Gasteiger partial charge in [-0.3, -0.25) is 48.3 Å². The van der Waals surface area contributed by atoms with E-state index in [1.807, 2.05) is 19.0 Å². The van der Waals surface area contributed by atoms with Crippen LogP contribution >= 0.6 is 0 Å². The average Bonchev–Trinajstić information content (AvgIpc) is 3.22. The number of guanidine groups is 2. The normalized spacial score (nSPS) is 15.5. The molecule has 0 aromatic heterocycles. The van der Waals surface area contributed by atoms with Gasteiger partial charge in [0, 0.05) is 19.5 Å². The van der Waals surface area contributed by atoms with Gasteiger partial charge in [-0.1, -0.05) is 0 Å². The van der Waals surface area contributed by atoms with E-state index < -0.39 is 121 Å². The Hall–Kier alpha value is -6.19. The number of aliphatic imine (C=N–C) groups is 2. The van der Waals surface area contributed by atoms with Gasteiger partial charge in [-0.2, -0.15) is 0 Å². The summed E-state index contributed by atoms with van der Waals surface area (Å²) < 4.78 is 0. The Balaban J connectivity index is 6.38. The van der Waals surface area contributed by atoms with Crippen LogP contribution in [0.2, 0.25) is 0 Å². The molecule has 376 valence electrons. The molecule has 0 bridgehead atoms. The summed E-state index contributed by atoms with van der Waals surface area (Å²) in [6.45, 7) is 5.96. The van der Waals surface area contributed by atoms with Crippen LogP contribution in [0.15, 0.2) is 9.98 Å². The largest absolute Gasteiger partial charge is 0.391 e. The predicted octanol–water partition coefficient (Wildman–Crippen LogP) is -7.19. The van der Waals surface area contributed by atoms with Crippen molar-refractivity contribution in [2.75, 3.05) is 33.7 Å². The summed E-state index contributed by atoms with van der Waals surface area (Å²) in [6, 6.07) is -10.9. The van der Waals surface area contributed by atoms with Crippen LogP contribution in [0.4, 0.5) is 0 Å². The molecule has 0 rings (SSSR count). The second kappa shape index (κ2) is 31.6. The summed E-state index contributed by atoms with van der Waals surface area (Å²) in [7, 11) is 3.66. The molecule has 0 aliphatic heterocycles. The molecule has 0 saturated heterocycles. The number of nitrogens with one attached hydrogen (secondary N) is 7. The van der Waals surface area contributed by atoms with E-state index in [0.29, 0.717) is 32.1 Å². The van der Waals surface area contributed by atoms with Crippen LogP contribution in [0.1, 0.15) is 85.5 Å². The van der Waals surface area contributed by atoms with Crippen LogP contribution in [-0.2, 0) is 43.2 Å². The average molecular weight is 943 g/mol. The van der Waals surface area contributed by atoms with Crippen molar-refractivity contribution in [3.8, 4) is 0 Å². The van der Waals surface area contributed by atoms with Gasteiger partial charge in [0.1, 0.15) is 42.5 Å². The quantitative estimate of drug-likeness (QED) is 0.0126. The molecule has 21 N–H and O–H groups in total. The number of nitrogens with zero attached hydrogens (tertiary/aromatic N) is 3. The van der Waals surface area contributed by atoms with Crippen LogP contribution in [0.25, 0.3) is 0 Å². The molecule has 0 fully saturated rings. The maximum atomic E-state index is 14.0. The summed E-state index contributed by atoms with van der Waals surface area (Å²) in [5, 5.41) is 38.2. The third-order valence-corrected chi connectivity index (χ3v) is 9.62. The Kier molecular flexibility index (Phi) is 28.7. The topological polar surface area (TPSA) is 462 Å². The first-order chi connectivity index (χ1) is 30.8. The van der Waals surface area contributed by atoms with Crippen LogP contribution in [0.3, 0.4) is 0 Å². The van der Waals surface area contributed by atoms with Gasteiger partial charge in [0.05, 0.1) is 24.3 Å². The minimum Gasteiger partial charge on any atom is -0.391 e. The number of aldehydes is 1. The van der Waals surface area contributed by atoms with Crippen LogP contribution in [0, 0.1) is 0 Å².